The number of rotatable bonds is 7. The van der Waals surface area contributed by atoms with E-state index < -0.39 is 0 Å². The van der Waals surface area contributed by atoms with E-state index in [1.54, 1.807) is 7.11 Å². The Balaban J connectivity index is 1.78. The molecule has 0 spiro atoms. The van der Waals surface area contributed by atoms with Gasteiger partial charge in [-0.2, -0.15) is 0 Å². The zero-order valence-corrected chi connectivity index (χ0v) is 23.6. The van der Waals surface area contributed by atoms with Crippen molar-refractivity contribution < 1.29 is 4.74 Å². The molecular weight excluding hydrogens is 500 g/mol. The van der Waals surface area contributed by atoms with Crippen LogP contribution in [0.3, 0.4) is 0 Å². The highest BCUT2D eigenvalue weighted by Gasteiger charge is 2.23. The Morgan fingerprint density at radius 2 is 1.00 bits per heavy atom. The van der Waals surface area contributed by atoms with Gasteiger partial charge in [0.1, 0.15) is 5.75 Å². The van der Waals surface area contributed by atoms with Gasteiger partial charge >= 0.3 is 0 Å². The van der Waals surface area contributed by atoms with Gasteiger partial charge < -0.3 is 14.5 Å². The van der Waals surface area contributed by atoms with Crippen LogP contribution in [-0.4, -0.2) is 7.11 Å². The van der Waals surface area contributed by atoms with Crippen LogP contribution in [0.5, 0.6) is 5.75 Å². The van der Waals surface area contributed by atoms with E-state index in [1.165, 1.54) is 5.56 Å². The third kappa shape index (κ3) is 5.94. The van der Waals surface area contributed by atoms with E-state index in [2.05, 4.69) is 116 Å². The van der Waals surface area contributed by atoms with Gasteiger partial charge in [-0.15, -0.1) is 0 Å². The molecule has 0 radical (unpaired) electrons. The molecule has 0 atom stereocenters. The summed E-state index contributed by atoms with van der Waals surface area (Å²) in [7, 11) is 1.70. The highest BCUT2D eigenvalue weighted by molar-refractivity contribution is 6.30. The number of halogens is 1. The average Bonchev–Trinajstić information content (AvgIpc) is 2.94. The molecule has 0 unspecified atom stereocenters. The number of methoxy groups -OCH3 is 1. The number of hydrogen-bond acceptors (Lipinski definition) is 3. The summed E-state index contributed by atoms with van der Waals surface area (Å²) < 4.78 is 5.60. The Morgan fingerprint density at radius 3 is 1.49 bits per heavy atom. The molecular formula is C35H33ClN2O. The van der Waals surface area contributed by atoms with Crippen LogP contribution < -0.4 is 14.5 Å². The molecule has 0 fully saturated rings. The normalized spacial score (nSPS) is 11.2. The van der Waals surface area contributed by atoms with E-state index in [1.807, 2.05) is 42.5 Å². The van der Waals surface area contributed by atoms with Crippen LogP contribution in [0.1, 0.15) is 26.3 Å². The van der Waals surface area contributed by atoms with Gasteiger partial charge in [0.05, 0.1) is 7.11 Å². The largest absolute Gasteiger partial charge is 0.497 e. The molecule has 0 aliphatic carbocycles. The van der Waals surface area contributed by atoms with Gasteiger partial charge in [-0.25, -0.2) is 0 Å². The minimum atomic E-state index is -0.0851. The molecule has 0 amide bonds. The van der Waals surface area contributed by atoms with Crippen LogP contribution in [0.4, 0.5) is 34.1 Å². The van der Waals surface area contributed by atoms with Crippen LogP contribution in [-0.2, 0) is 5.41 Å². The molecule has 0 saturated carbocycles. The number of benzene rings is 5. The lowest BCUT2D eigenvalue weighted by molar-refractivity contribution is 0.415. The van der Waals surface area contributed by atoms with Crippen LogP contribution in [0.25, 0.3) is 0 Å². The SMILES string of the molecule is COc1cccc(N(c2ccccc2)c2cc(N(c3ccccc3)c3cccc(Cl)c3)cc(C(C)(C)C)c2)c1. The molecule has 0 aliphatic heterocycles. The monoisotopic (exact) mass is 532 g/mol. The number of hydrogen-bond donors (Lipinski definition) is 0. The molecule has 0 bridgehead atoms. The van der Waals surface area contributed by atoms with Gasteiger partial charge in [0, 0.05) is 45.2 Å². The van der Waals surface area contributed by atoms with Crippen LogP contribution in [0.15, 0.2) is 127 Å². The summed E-state index contributed by atoms with van der Waals surface area (Å²) in [6, 6.07) is 43.9. The molecule has 0 heterocycles. The smallest absolute Gasteiger partial charge is 0.120 e. The summed E-state index contributed by atoms with van der Waals surface area (Å²) >= 11 is 6.49. The third-order valence-electron chi connectivity index (χ3n) is 6.69. The maximum absolute atomic E-state index is 6.49. The lowest BCUT2D eigenvalue weighted by Gasteiger charge is -2.32. The molecule has 3 nitrogen and oxygen atoms in total. The fourth-order valence-corrected chi connectivity index (χ4v) is 4.88. The second kappa shape index (κ2) is 11.3. The van der Waals surface area contributed by atoms with Crippen molar-refractivity contribution in [2.45, 2.75) is 26.2 Å². The quantitative estimate of drug-likeness (QED) is 0.207. The van der Waals surface area contributed by atoms with Crippen molar-refractivity contribution in [3.63, 3.8) is 0 Å². The Labute approximate surface area is 236 Å². The summed E-state index contributed by atoms with van der Waals surface area (Å²) in [5.74, 6) is 0.811. The second-order valence-corrected chi connectivity index (χ2v) is 10.9. The first-order valence-corrected chi connectivity index (χ1v) is 13.5. The summed E-state index contributed by atoms with van der Waals surface area (Å²) in [6.45, 7) is 6.75. The number of para-hydroxylation sites is 2. The van der Waals surface area contributed by atoms with Gasteiger partial charge in [-0.3, -0.25) is 0 Å². The van der Waals surface area contributed by atoms with Crippen molar-refractivity contribution in [1.82, 2.24) is 0 Å². The Kier molecular flexibility index (Phi) is 7.63. The fraction of sp³-hybridized carbons (Fsp3) is 0.143. The average molecular weight is 533 g/mol. The van der Waals surface area contributed by atoms with Gasteiger partial charge in [-0.1, -0.05) is 80.9 Å². The molecule has 5 aromatic rings. The highest BCUT2D eigenvalue weighted by atomic mass is 35.5. The zero-order valence-electron chi connectivity index (χ0n) is 22.8. The van der Waals surface area contributed by atoms with Crippen LogP contribution in [0.2, 0.25) is 5.02 Å². The van der Waals surface area contributed by atoms with Crippen molar-refractivity contribution in [3.05, 3.63) is 138 Å². The standard InChI is InChI=1S/C35H33ClN2O/c1-35(2,3)26-21-32(37(28-14-7-5-8-15-28)30-18-11-13-27(36)23-30)24-33(22-26)38(29-16-9-6-10-17-29)31-19-12-20-34(25-31)39-4/h5-25H,1-4H3. The summed E-state index contributed by atoms with van der Waals surface area (Å²) in [4.78, 5) is 4.54. The Hall–Kier alpha value is -4.21. The molecule has 0 saturated heterocycles. The molecule has 0 aromatic heterocycles. The van der Waals surface area contributed by atoms with Gasteiger partial charge in [-0.05, 0) is 83.8 Å². The van der Waals surface area contributed by atoms with Gasteiger partial charge in [0.25, 0.3) is 0 Å². The molecule has 39 heavy (non-hydrogen) atoms. The first kappa shape index (κ1) is 26.4. The maximum Gasteiger partial charge on any atom is 0.120 e. The highest BCUT2D eigenvalue weighted by Crippen LogP contribution is 2.43. The van der Waals surface area contributed by atoms with E-state index in [-0.39, 0.29) is 5.41 Å². The zero-order chi connectivity index (χ0) is 27.4. The van der Waals surface area contributed by atoms with Crippen molar-refractivity contribution in [2.24, 2.45) is 0 Å². The van der Waals surface area contributed by atoms with E-state index in [4.69, 9.17) is 16.3 Å². The van der Waals surface area contributed by atoms with Crippen molar-refractivity contribution in [2.75, 3.05) is 16.9 Å². The fourth-order valence-electron chi connectivity index (χ4n) is 4.70. The molecule has 5 rings (SSSR count). The van der Waals surface area contributed by atoms with Crippen molar-refractivity contribution in [1.29, 1.82) is 0 Å². The molecule has 4 heteroatoms. The van der Waals surface area contributed by atoms with Gasteiger partial charge in [0.15, 0.2) is 0 Å². The number of ether oxygens (including phenoxy) is 1. The molecule has 5 aromatic carbocycles. The Morgan fingerprint density at radius 1 is 0.513 bits per heavy atom. The summed E-state index contributed by atoms with van der Waals surface area (Å²) in [6.07, 6.45) is 0. The Bertz CT molecular complexity index is 1540. The van der Waals surface area contributed by atoms with Crippen LogP contribution >= 0.6 is 11.6 Å². The predicted molar refractivity (Wildman–Crippen MR) is 166 cm³/mol. The minimum Gasteiger partial charge on any atom is -0.497 e. The van der Waals surface area contributed by atoms with E-state index >= 15 is 0 Å². The number of nitrogens with zero attached hydrogens (tertiary/aromatic N) is 2. The summed E-state index contributed by atoms with van der Waals surface area (Å²) in [5, 5.41) is 0.697. The van der Waals surface area contributed by atoms with Crippen LogP contribution in [0, 0.1) is 0 Å². The van der Waals surface area contributed by atoms with E-state index in [0.29, 0.717) is 5.02 Å². The van der Waals surface area contributed by atoms with Gasteiger partial charge in [0.2, 0.25) is 0 Å². The summed E-state index contributed by atoms with van der Waals surface area (Å²) in [5.41, 5.74) is 7.39. The lowest BCUT2D eigenvalue weighted by atomic mass is 9.86. The van der Waals surface area contributed by atoms with E-state index in [9.17, 15) is 0 Å². The molecule has 0 N–H and O–H groups in total. The maximum atomic E-state index is 6.49. The van der Waals surface area contributed by atoms with E-state index in [0.717, 1.165) is 39.9 Å². The molecule has 196 valence electrons. The minimum absolute atomic E-state index is 0.0851. The third-order valence-corrected chi connectivity index (χ3v) is 6.93. The lowest BCUT2D eigenvalue weighted by Crippen LogP contribution is -2.17. The first-order valence-electron chi connectivity index (χ1n) is 13.1. The predicted octanol–water partition coefficient (Wildman–Crippen LogP) is 10.6. The number of anilines is 6. The molecule has 0 aliphatic rings. The first-order chi connectivity index (χ1) is 18.8. The topological polar surface area (TPSA) is 15.7 Å². The van der Waals surface area contributed by atoms with Crippen molar-refractivity contribution in [3.8, 4) is 5.75 Å². The van der Waals surface area contributed by atoms with Crippen molar-refractivity contribution >= 4 is 45.7 Å². The second-order valence-electron chi connectivity index (χ2n) is 10.5.